The van der Waals surface area contributed by atoms with Gasteiger partial charge in [-0.25, -0.2) is 0 Å². The molecule has 0 aromatic heterocycles. The monoisotopic (exact) mass is 236 g/mol. The fraction of sp³-hybridized carbons (Fsp3) is 0.385. The van der Waals surface area contributed by atoms with E-state index in [2.05, 4.69) is 32.2 Å². The molecule has 0 aliphatic carbocycles. The van der Waals surface area contributed by atoms with E-state index >= 15 is 0 Å². The molecule has 0 saturated carbocycles. The summed E-state index contributed by atoms with van der Waals surface area (Å²) >= 11 is 0. The van der Waals surface area contributed by atoms with E-state index in [1.54, 1.807) is 7.11 Å². The average Bonchev–Trinajstić information content (AvgIpc) is 2.36. The van der Waals surface area contributed by atoms with Crippen molar-refractivity contribution < 1.29 is 8.85 Å². The lowest BCUT2D eigenvalue weighted by Gasteiger charge is -2.23. The molecule has 88 valence electrons. The lowest BCUT2D eigenvalue weighted by Crippen LogP contribution is -2.36. The van der Waals surface area contributed by atoms with Crippen LogP contribution >= 0.6 is 0 Å². The van der Waals surface area contributed by atoms with Gasteiger partial charge in [-0.05, 0) is 23.7 Å². The Bertz CT molecular complexity index is 328. The standard InChI is InChI=1S/C13H20O2Si/c1-5-12-7-9-13(10-8-12)11-15-16(4,6-2)14-3/h5,7-10H,1,6,11H2,2-4H3. The van der Waals surface area contributed by atoms with Crippen LogP contribution in [-0.2, 0) is 15.5 Å². The largest absolute Gasteiger partial charge is 0.398 e. The molecule has 0 N–H and O–H groups in total. The van der Waals surface area contributed by atoms with Crippen LogP contribution in [0.5, 0.6) is 0 Å². The zero-order chi connectivity index (χ0) is 12.0. The van der Waals surface area contributed by atoms with Crippen molar-refractivity contribution >= 4 is 14.6 Å². The second-order valence-corrected chi connectivity index (χ2v) is 7.60. The Morgan fingerprint density at radius 1 is 1.31 bits per heavy atom. The molecule has 2 nitrogen and oxygen atoms in total. The van der Waals surface area contributed by atoms with Gasteiger partial charge in [0, 0.05) is 7.11 Å². The second kappa shape index (κ2) is 5.99. The molecule has 1 unspecified atom stereocenters. The third-order valence-corrected chi connectivity index (χ3v) is 5.74. The Morgan fingerprint density at radius 2 is 1.94 bits per heavy atom. The fourth-order valence-electron chi connectivity index (χ4n) is 1.29. The van der Waals surface area contributed by atoms with Crippen LogP contribution in [0, 0.1) is 0 Å². The maximum Gasteiger partial charge on any atom is 0.334 e. The molecule has 0 saturated heterocycles. The minimum Gasteiger partial charge on any atom is -0.398 e. The van der Waals surface area contributed by atoms with Crippen molar-refractivity contribution in [1.82, 2.24) is 0 Å². The number of rotatable bonds is 6. The van der Waals surface area contributed by atoms with Crippen LogP contribution in [0.3, 0.4) is 0 Å². The highest BCUT2D eigenvalue weighted by atomic mass is 28.4. The molecule has 0 radical (unpaired) electrons. The zero-order valence-corrected chi connectivity index (χ0v) is 11.3. The Kier molecular flexibility index (Phi) is 4.93. The Morgan fingerprint density at radius 3 is 2.38 bits per heavy atom. The highest BCUT2D eigenvalue weighted by molar-refractivity contribution is 6.65. The van der Waals surface area contributed by atoms with Crippen molar-refractivity contribution in [3.63, 3.8) is 0 Å². The van der Waals surface area contributed by atoms with Crippen LogP contribution in [0.25, 0.3) is 6.08 Å². The molecular formula is C13H20O2Si. The summed E-state index contributed by atoms with van der Waals surface area (Å²) in [5, 5.41) is 0. The van der Waals surface area contributed by atoms with Gasteiger partial charge in [0.05, 0.1) is 6.61 Å². The van der Waals surface area contributed by atoms with E-state index in [-0.39, 0.29) is 0 Å². The summed E-state index contributed by atoms with van der Waals surface area (Å²) in [6.45, 7) is 8.55. The highest BCUT2D eigenvalue weighted by Gasteiger charge is 2.27. The number of hydrogen-bond acceptors (Lipinski definition) is 2. The lowest BCUT2D eigenvalue weighted by molar-refractivity contribution is 0.196. The van der Waals surface area contributed by atoms with Crippen LogP contribution in [0.1, 0.15) is 18.1 Å². The summed E-state index contributed by atoms with van der Waals surface area (Å²) in [5.41, 5.74) is 2.31. The predicted octanol–water partition coefficient (Wildman–Crippen LogP) is 3.58. The fourth-order valence-corrected chi connectivity index (χ4v) is 2.37. The second-order valence-electron chi connectivity index (χ2n) is 3.93. The molecule has 1 rings (SSSR count). The lowest BCUT2D eigenvalue weighted by atomic mass is 10.1. The zero-order valence-electron chi connectivity index (χ0n) is 10.3. The summed E-state index contributed by atoms with van der Waals surface area (Å²) in [6, 6.07) is 9.19. The topological polar surface area (TPSA) is 18.5 Å². The van der Waals surface area contributed by atoms with E-state index in [1.165, 1.54) is 5.56 Å². The van der Waals surface area contributed by atoms with Crippen molar-refractivity contribution in [2.45, 2.75) is 26.1 Å². The smallest absolute Gasteiger partial charge is 0.334 e. The molecule has 1 atom stereocenters. The maximum atomic E-state index is 5.88. The van der Waals surface area contributed by atoms with Gasteiger partial charge in [-0.3, -0.25) is 0 Å². The van der Waals surface area contributed by atoms with Gasteiger partial charge >= 0.3 is 8.56 Å². The van der Waals surface area contributed by atoms with E-state index in [4.69, 9.17) is 8.85 Å². The van der Waals surface area contributed by atoms with Gasteiger partial charge in [0.1, 0.15) is 0 Å². The van der Waals surface area contributed by atoms with E-state index < -0.39 is 8.56 Å². The minimum atomic E-state index is -1.92. The first kappa shape index (κ1) is 13.2. The third kappa shape index (κ3) is 3.59. The van der Waals surface area contributed by atoms with Gasteiger partial charge < -0.3 is 8.85 Å². The first-order valence-corrected chi connectivity index (χ1v) is 8.06. The summed E-state index contributed by atoms with van der Waals surface area (Å²) in [6.07, 6.45) is 1.84. The van der Waals surface area contributed by atoms with Gasteiger partial charge in [0.25, 0.3) is 0 Å². The van der Waals surface area contributed by atoms with E-state index in [0.717, 1.165) is 11.6 Å². The summed E-state index contributed by atoms with van der Waals surface area (Å²) in [7, 11) is -0.190. The Balaban J connectivity index is 2.57. The van der Waals surface area contributed by atoms with Gasteiger partial charge in [-0.2, -0.15) is 0 Å². The number of benzene rings is 1. The normalized spacial score (nSPS) is 14.4. The molecule has 3 heteroatoms. The average molecular weight is 236 g/mol. The Labute approximate surface area is 99.2 Å². The molecule has 0 spiro atoms. The van der Waals surface area contributed by atoms with E-state index in [9.17, 15) is 0 Å². The van der Waals surface area contributed by atoms with Crippen LogP contribution in [0.15, 0.2) is 30.8 Å². The molecule has 0 bridgehead atoms. The molecule has 0 heterocycles. The third-order valence-electron chi connectivity index (χ3n) is 2.83. The molecule has 16 heavy (non-hydrogen) atoms. The highest BCUT2D eigenvalue weighted by Crippen LogP contribution is 2.15. The molecule has 0 aliphatic heterocycles. The van der Waals surface area contributed by atoms with Crippen LogP contribution in [0.4, 0.5) is 0 Å². The maximum absolute atomic E-state index is 5.88. The van der Waals surface area contributed by atoms with Gasteiger partial charge in [-0.1, -0.05) is 43.8 Å². The van der Waals surface area contributed by atoms with Crippen molar-refractivity contribution in [3.8, 4) is 0 Å². The molecular weight excluding hydrogens is 216 g/mol. The predicted molar refractivity (Wildman–Crippen MR) is 70.4 cm³/mol. The van der Waals surface area contributed by atoms with Crippen molar-refractivity contribution in [1.29, 1.82) is 0 Å². The SMILES string of the molecule is C=Cc1ccc(CO[Si](C)(CC)OC)cc1. The van der Waals surface area contributed by atoms with Gasteiger partial charge in [-0.15, -0.1) is 0 Å². The first-order valence-electron chi connectivity index (χ1n) is 5.54. The van der Waals surface area contributed by atoms with E-state index in [1.807, 2.05) is 18.2 Å². The van der Waals surface area contributed by atoms with Gasteiger partial charge in [0.2, 0.25) is 0 Å². The van der Waals surface area contributed by atoms with E-state index in [0.29, 0.717) is 6.61 Å². The Hall–Kier alpha value is -0.903. The van der Waals surface area contributed by atoms with Crippen LogP contribution in [0.2, 0.25) is 12.6 Å². The van der Waals surface area contributed by atoms with Crippen LogP contribution in [-0.4, -0.2) is 15.7 Å². The van der Waals surface area contributed by atoms with Crippen LogP contribution < -0.4 is 0 Å². The molecule has 0 amide bonds. The molecule has 0 fully saturated rings. The summed E-state index contributed by atoms with van der Waals surface area (Å²) < 4.78 is 11.3. The summed E-state index contributed by atoms with van der Waals surface area (Å²) in [5.74, 6) is 0. The van der Waals surface area contributed by atoms with Crippen molar-refractivity contribution in [3.05, 3.63) is 42.0 Å². The summed E-state index contributed by atoms with van der Waals surface area (Å²) in [4.78, 5) is 0. The number of hydrogen-bond donors (Lipinski definition) is 0. The van der Waals surface area contributed by atoms with Crippen molar-refractivity contribution in [2.75, 3.05) is 7.11 Å². The molecule has 1 aromatic rings. The first-order chi connectivity index (χ1) is 7.63. The van der Waals surface area contributed by atoms with Gasteiger partial charge in [0.15, 0.2) is 0 Å². The minimum absolute atomic E-state index is 0.627. The molecule has 1 aromatic carbocycles. The quantitative estimate of drug-likeness (QED) is 0.703. The molecule has 0 aliphatic rings. The van der Waals surface area contributed by atoms with Crippen molar-refractivity contribution in [2.24, 2.45) is 0 Å².